The van der Waals surface area contributed by atoms with Gasteiger partial charge in [0, 0.05) is 11.1 Å². The normalized spacial score (nSPS) is 13.0. The van der Waals surface area contributed by atoms with E-state index in [0.717, 1.165) is 11.1 Å². The Labute approximate surface area is 153 Å². The SMILES string of the molecule is Cc1ccc(O)c(C(=O)C2=CSc3nnc(-c4ccccc4)n3N=C2)c1. The maximum absolute atomic E-state index is 12.8. The van der Waals surface area contributed by atoms with Gasteiger partial charge >= 0.3 is 0 Å². The van der Waals surface area contributed by atoms with Gasteiger partial charge in [-0.15, -0.1) is 10.2 Å². The predicted octanol–water partition coefficient (Wildman–Crippen LogP) is 3.67. The van der Waals surface area contributed by atoms with Gasteiger partial charge in [-0.3, -0.25) is 4.79 Å². The highest BCUT2D eigenvalue weighted by atomic mass is 32.2. The number of Topliss-reactive ketones (excluding diaryl/α,β-unsaturated/α-hetero) is 1. The molecular weight excluding hydrogens is 348 g/mol. The molecule has 2 heterocycles. The number of allylic oxidation sites excluding steroid dienone is 1. The van der Waals surface area contributed by atoms with Crippen LogP contribution in [0.2, 0.25) is 0 Å². The maximum atomic E-state index is 12.8. The van der Waals surface area contributed by atoms with Crippen LogP contribution < -0.4 is 0 Å². The highest BCUT2D eigenvalue weighted by Gasteiger charge is 2.20. The zero-order valence-electron chi connectivity index (χ0n) is 13.8. The first kappa shape index (κ1) is 16.3. The van der Waals surface area contributed by atoms with Gasteiger partial charge in [0.15, 0.2) is 11.6 Å². The average Bonchev–Trinajstić information content (AvgIpc) is 2.95. The molecule has 0 saturated carbocycles. The van der Waals surface area contributed by atoms with Gasteiger partial charge in [-0.25, -0.2) is 0 Å². The summed E-state index contributed by atoms with van der Waals surface area (Å²) in [6.07, 6.45) is 1.48. The fraction of sp³-hybridized carbons (Fsp3) is 0.0526. The van der Waals surface area contributed by atoms with Gasteiger partial charge in [-0.2, -0.15) is 9.78 Å². The van der Waals surface area contributed by atoms with E-state index >= 15 is 0 Å². The number of aromatic hydroxyl groups is 1. The van der Waals surface area contributed by atoms with Crippen molar-refractivity contribution >= 4 is 23.8 Å². The summed E-state index contributed by atoms with van der Waals surface area (Å²) in [4.78, 5) is 12.8. The Morgan fingerprint density at radius 1 is 1.12 bits per heavy atom. The van der Waals surface area contributed by atoms with Crippen molar-refractivity contribution in [2.24, 2.45) is 5.10 Å². The van der Waals surface area contributed by atoms with Gasteiger partial charge in [0.05, 0.1) is 11.8 Å². The van der Waals surface area contributed by atoms with E-state index < -0.39 is 0 Å². The molecule has 0 spiro atoms. The summed E-state index contributed by atoms with van der Waals surface area (Å²) in [5.74, 6) is 0.265. The van der Waals surface area contributed by atoms with Crippen LogP contribution in [0.1, 0.15) is 15.9 Å². The van der Waals surface area contributed by atoms with E-state index in [4.69, 9.17) is 0 Å². The van der Waals surface area contributed by atoms with Crippen molar-refractivity contribution in [1.29, 1.82) is 0 Å². The number of hydrogen-bond acceptors (Lipinski definition) is 6. The third-order valence-electron chi connectivity index (χ3n) is 3.91. The predicted molar refractivity (Wildman–Crippen MR) is 100 cm³/mol. The molecule has 2 aromatic carbocycles. The maximum Gasteiger partial charge on any atom is 0.216 e. The molecule has 128 valence electrons. The minimum absolute atomic E-state index is 0.0477. The quantitative estimate of drug-likeness (QED) is 0.719. The number of thioether (sulfide) groups is 1. The Bertz CT molecular complexity index is 1050. The molecular formula is C19H14N4O2S. The number of phenolic OH excluding ortho intramolecular Hbond substituents is 1. The lowest BCUT2D eigenvalue weighted by molar-refractivity contribution is 0.103. The molecule has 0 bridgehead atoms. The second-order valence-electron chi connectivity index (χ2n) is 5.77. The van der Waals surface area contributed by atoms with Crippen molar-refractivity contribution in [3.05, 3.63) is 70.6 Å². The first-order valence-electron chi connectivity index (χ1n) is 7.90. The topological polar surface area (TPSA) is 80.4 Å². The second-order valence-corrected chi connectivity index (χ2v) is 6.61. The molecule has 26 heavy (non-hydrogen) atoms. The summed E-state index contributed by atoms with van der Waals surface area (Å²) in [6, 6.07) is 14.5. The van der Waals surface area contributed by atoms with Gasteiger partial charge in [-0.05, 0) is 24.5 Å². The summed E-state index contributed by atoms with van der Waals surface area (Å²) in [5.41, 5.74) is 2.41. The lowest BCUT2D eigenvalue weighted by Gasteiger charge is -2.05. The third-order valence-corrected chi connectivity index (χ3v) is 4.74. The fourth-order valence-corrected chi connectivity index (χ4v) is 3.30. The second kappa shape index (κ2) is 6.61. The molecule has 0 atom stereocenters. The number of carbonyl (C=O) groups excluding carboxylic acids is 1. The fourth-order valence-electron chi connectivity index (χ4n) is 2.58. The zero-order chi connectivity index (χ0) is 18.1. The Morgan fingerprint density at radius 2 is 1.92 bits per heavy atom. The molecule has 6 nitrogen and oxygen atoms in total. The molecule has 3 aromatic rings. The van der Waals surface area contributed by atoms with Crippen LogP contribution in [0.25, 0.3) is 11.4 Å². The van der Waals surface area contributed by atoms with Crippen LogP contribution in [0.15, 0.2) is 69.8 Å². The van der Waals surface area contributed by atoms with Gasteiger partial charge in [0.1, 0.15) is 5.75 Å². The van der Waals surface area contributed by atoms with Crippen molar-refractivity contribution in [2.75, 3.05) is 0 Å². The van der Waals surface area contributed by atoms with Crippen molar-refractivity contribution in [2.45, 2.75) is 12.1 Å². The molecule has 1 aliphatic rings. The first-order chi connectivity index (χ1) is 12.6. The molecule has 0 radical (unpaired) electrons. The van der Waals surface area contributed by atoms with Gasteiger partial charge in [0.2, 0.25) is 5.16 Å². The highest BCUT2D eigenvalue weighted by Crippen LogP contribution is 2.29. The Balaban J connectivity index is 1.69. The smallest absolute Gasteiger partial charge is 0.216 e. The van der Waals surface area contributed by atoms with Crippen LogP contribution in [-0.4, -0.2) is 32.0 Å². The van der Waals surface area contributed by atoms with E-state index in [-0.39, 0.29) is 17.1 Å². The van der Waals surface area contributed by atoms with Crippen LogP contribution in [0, 0.1) is 6.92 Å². The van der Waals surface area contributed by atoms with Crippen molar-refractivity contribution in [3.8, 4) is 17.1 Å². The number of aryl methyl sites for hydroxylation is 1. The lowest BCUT2D eigenvalue weighted by atomic mass is 10.0. The van der Waals surface area contributed by atoms with Gasteiger partial charge in [-0.1, -0.05) is 53.7 Å². The van der Waals surface area contributed by atoms with Crippen molar-refractivity contribution in [3.63, 3.8) is 0 Å². The first-order valence-corrected chi connectivity index (χ1v) is 8.78. The van der Waals surface area contributed by atoms with Crippen LogP contribution in [-0.2, 0) is 0 Å². The standard InChI is InChI=1S/C19H14N4O2S/c1-12-7-8-16(24)15(9-12)17(25)14-10-20-23-18(13-5-3-2-4-6-13)21-22-19(23)26-11-14/h2-11,24H,1H3. The largest absolute Gasteiger partial charge is 0.507 e. The number of phenols is 1. The number of carbonyl (C=O) groups is 1. The number of benzene rings is 2. The van der Waals surface area contributed by atoms with E-state index in [2.05, 4.69) is 15.3 Å². The molecule has 0 fully saturated rings. The molecule has 7 heteroatoms. The number of hydrogen-bond donors (Lipinski definition) is 1. The number of rotatable bonds is 3. The molecule has 0 aliphatic carbocycles. The number of nitrogens with zero attached hydrogens (tertiary/aromatic N) is 4. The number of ketones is 1. The lowest BCUT2D eigenvalue weighted by Crippen LogP contribution is -2.05. The van der Waals surface area contributed by atoms with Gasteiger partial charge < -0.3 is 5.11 Å². The molecule has 0 unspecified atom stereocenters. The van der Waals surface area contributed by atoms with E-state index in [1.807, 2.05) is 37.3 Å². The minimum atomic E-state index is -0.289. The number of aromatic nitrogens is 3. The van der Waals surface area contributed by atoms with Crippen molar-refractivity contribution in [1.82, 2.24) is 14.9 Å². The zero-order valence-corrected chi connectivity index (χ0v) is 14.6. The van der Waals surface area contributed by atoms with E-state index in [1.54, 1.807) is 22.2 Å². The van der Waals surface area contributed by atoms with Crippen molar-refractivity contribution < 1.29 is 9.90 Å². The summed E-state index contributed by atoms with van der Waals surface area (Å²) in [6.45, 7) is 1.87. The summed E-state index contributed by atoms with van der Waals surface area (Å²) < 4.78 is 1.60. The van der Waals surface area contributed by atoms with Crippen LogP contribution >= 0.6 is 11.8 Å². The van der Waals surface area contributed by atoms with Crippen LogP contribution in [0.3, 0.4) is 0 Å². The highest BCUT2D eigenvalue weighted by molar-refractivity contribution is 8.02. The monoisotopic (exact) mass is 362 g/mol. The Hall–Kier alpha value is -3.19. The third kappa shape index (κ3) is 2.93. The summed E-state index contributed by atoms with van der Waals surface area (Å²) in [5, 5.41) is 25.0. The van der Waals surface area contributed by atoms with E-state index in [9.17, 15) is 9.90 Å². The molecule has 1 aromatic heterocycles. The molecule has 0 saturated heterocycles. The summed E-state index contributed by atoms with van der Waals surface area (Å²) in [7, 11) is 0. The average molecular weight is 362 g/mol. The van der Waals surface area contributed by atoms with Crippen LogP contribution in [0.5, 0.6) is 5.75 Å². The molecule has 1 aliphatic heterocycles. The minimum Gasteiger partial charge on any atom is -0.507 e. The molecule has 0 amide bonds. The number of fused-ring (bicyclic) bond motifs is 1. The van der Waals surface area contributed by atoms with Gasteiger partial charge in [0.25, 0.3) is 0 Å². The summed E-state index contributed by atoms with van der Waals surface area (Å²) >= 11 is 1.27. The van der Waals surface area contributed by atoms with E-state index in [1.165, 1.54) is 24.0 Å². The Morgan fingerprint density at radius 3 is 2.73 bits per heavy atom. The Kier molecular flexibility index (Phi) is 4.14. The molecule has 1 N–H and O–H groups in total. The van der Waals surface area contributed by atoms with E-state index in [0.29, 0.717) is 16.6 Å². The van der Waals surface area contributed by atoms with Crippen LogP contribution in [0.4, 0.5) is 0 Å². The molecule has 4 rings (SSSR count).